The van der Waals surface area contributed by atoms with E-state index in [0.717, 1.165) is 12.8 Å². The zero-order chi connectivity index (χ0) is 15.8. The number of carbonyl (C=O) groups excluding carboxylic acids is 2. The molecule has 1 atom stereocenters. The third kappa shape index (κ3) is 5.95. The van der Waals surface area contributed by atoms with Crippen LogP contribution in [0, 0.1) is 5.92 Å². The lowest BCUT2D eigenvalue weighted by atomic mass is 10.1. The Morgan fingerprint density at radius 2 is 1.71 bits per heavy atom. The highest BCUT2D eigenvalue weighted by Gasteiger charge is 2.13. The average molecular weight is 291 g/mol. The highest BCUT2D eigenvalue weighted by atomic mass is 16.2. The summed E-state index contributed by atoms with van der Waals surface area (Å²) < 4.78 is 0. The highest BCUT2D eigenvalue weighted by molar-refractivity contribution is 5.96. The van der Waals surface area contributed by atoms with E-state index in [4.69, 9.17) is 5.73 Å². The van der Waals surface area contributed by atoms with E-state index in [2.05, 4.69) is 17.6 Å². The van der Waals surface area contributed by atoms with Crippen LogP contribution in [-0.4, -0.2) is 17.9 Å². The first-order valence-electron chi connectivity index (χ1n) is 7.41. The van der Waals surface area contributed by atoms with Crippen molar-refractivity contribution in [3.63, 3.8) is 0 Å². The molecule has 5 heteroatoms. The Kier molecular flexibility index (Phi) is 6.88. The van der Waals surface area contributed by atoms with E-state index in [1.165, 1.54) is 0 Å². The maximum absolute atomic E-state index is 11.9. The Morgan fingerprint density at radius 1 is 1.14 bits per heavy atom. The summed E-state index contributed by atoms with van der Waals surface area (Å²) in [7, 11) is 0. The van der Waals surface area contributed by atoms with Crippen molar-refractivity contribution < 1.29 is 9.59 Å². The standard InChI is InChI=1S/C16H25N3O2/c1-4-5-9-14(17)16(21)19-13-8-6-7-12(10-13)18-15(20)11(2)3/h6-8,10-11,14H,4-5,9,17H2,1-3H3,(H,18,20)(H,19,21)/t14-/m0/s1. The van der Waals surface area contributed by atoms with Crippen molar-refractivity contribution in [3.8, 4) is 0 Å². The summed E-state index contributed by atoms with van der Waals surface area (Å²) >= 11 is 0. The van der Waals surface area contributed by atoms with Gasteiger partial charge in [0.05, 0.1) is 6.04 Å². The molecule has 1 aromatic rings. The fraction of sp³-hybridized carbons (Fsp3) is 0.500. The first kappa shape index (κ1) is 17.2. The molecule has 2 amide bonds. The number of nitrogens with one attached hydrogen (secondary N) is 2. The molecule has 0 saturated carbocycles. The maximum Gasteiger partial charge on any atom is 0.241 e. The van der Waals surface area contributed by atoms with Crippen LogP contribution in [0.2, 0.25) is 0 Å². The Bertz CT molecular complexity index is 486. The quantitative estimate of drug-likeness (QED) is 0.722. The zero-order valence-electron chi connectivity index (χ0n) is 13.0. The summed E-state index contributed by atoms with van der Waals surface area (Å²) in [4.78, 5) is 23.6. The predicted octanol–water partition coefficient (Wildman–Crippen LogP) is 2.74. The molecule has 0 heterocycles. The number of hydrogen-bond donors (Lipinski definition) is 3. The molecule has 1 rings (SSSR count). The second-order valence-corrected chi connectivity index (χ2v) is 5.46. The van der Waals surface area contributed by atoms with Crippen LogP contribution in [0.4, 0.5) is 11.4 Å². The normalized spacial score (nSPS) is 12.0. The molecular weight excluding hydrogens is 266 g/mol. The number of unbranched alkanes of at least 4 members (excludes halogenated alkanes) is 1. The zero-order valence-corrected chi connectivity index (χ0v) is 13.0. The van der Waals surface area contributed by atoms with E-state index in [1.807, 2.05) is 13.8 Å². The van der Waals surface area contributed by atoms with Crippen LogP contribution in [-0.2, 0) is 9.59 Å². The summed E-state index contributed by atoms with van der Waals surface area (Å²) in [6.45, 7) is 5.72. The monoisotopic (exact) mass is 291 g/mol. The van der Waals surface area contributed by atoms with Crippen LogP contribution in [0.25, 0.3) is 0 Å². The summed E-state index contributed by atoms with van der Waals surface area (Å²) in [5.41, 5.74) is 7.12. The van der Waals surface area contributed by atoms with Gasteiger partial charge in [0.25, 0.3) is 0 Å². The van der Waals surface area contributed by atoms with E-state index < -0.39 is 6.04 Å². The number of benzene rings is 1. The predicted molar refractivity (Wildman–Crippen MR) is 86.0 cm³/mol. The number of hydrogen-bond acceptors (Lipinski definition) is 3. The van der Waals surface area contributed by atoms with Gasteiger partial charge in [-0.2, -0.15) is 0 Å². The van der Waals surface area contributed by atoms with Gasteiger partial charge in [0.1, 0.15) is 0 Å². The molecule has 21 heavy (non-hydrogen) atoms. The summed E-state index contributed by atoms with van der Waals surface area (Å²) in [6, 6.07) is 6.56. The third-order valence-electron chi connectivity index (χ3n) is 3.13. The molecule has 0 aliphatic carbocycles. The van der Waals surface area contributed by atoms with Crippen LogP contribution in [0.5, 0.6) is 0 Å². The van der Waals surface area contributed by atoms with Crippen LogP contribution >= 0.6 is 0 Å². The minimum atomic E-state index is -0.501. The van der Waals surface area contributed by atoms with Crippen LogP contribution in [0.15, 0.2) is 24.3 Å². The van der Waals surface area contributed by atoms with Crippen LogP contribution < -0.4 is 16.4 Å². The van der Waals surface area contributed by atoms with Gasteiger partial charge in [-0.15, -0.1) is 0 Å². The Labute approximate surface area is 126 Å². The van der Waals surface area contributed by atoms with Crippen LogP contribution in [0.3, 0.4) is 0 Å². The third-order valence-corrected chi connectivity index (χ3v) is 3.13. The molecule has 4 N–H and O–H groups in total. The van der Waals surface area contributed by atoms with Crippen molar-refractivity contribution >= 4 is 23.2 Å². The SMILES string of the molecule is CCCC[C@H](N)C(=O)Nc1cccc(NC(=O)C(C)C)c1. The van der Waals surface area contributed by atoms with E-state index in [9.17, 15) is 9.59 Å². The maximum atomic E-state index is 11.9. The number of nitrogens with two attached hydrogens (primary N) is 1. The second kappa shape index (κ2) is 8.42. The Morgan fingerprint density at radius 3 is 2.24 bits per heavy atom. The van der Waals surface area contributed by atoms with Crippen molar-refractivity contribution in [3.05, 3.63) is 24.3 Å². The lowest BCUT2D eigenvalue weighted by Crippen LogP contribution is -2.35. The molecule has 0 aromatic heterocycles. The molecule has 0 aliphatic heterocycles. The number of rotatable bonds is 7. The van der Waals surface area contributed by atoms with Gasteiger partial charge in [0.15, 0.2) is 0 Å². The lowest BCUT2D eigenvalue weighted by Gasteiger charge is -2.13. The molecule has 0 saturated heterocycles. The average Bonchev–Trinajstić information content (AvgIpc) is 2.44. The number of amides is 2. The first-order chi connectivity index (χ1) is 9.93. The van der Waals surface area contributed by atoms with Gasteiger partial charge < -0.3 is 16.4 Å². The first-order valence-corrected chi connectivity index (χ1v) is 7.41. The molecule has 5 nitrogen and oxygen atoms in total. The van der Waals surface area contributed by atoms with Crippen molar-refractivity contribution in [2.24, 2.45) is 11.7 Å². The van der Waals surface area contributed by atoms with E-state index in [-0.39, 0.29) is 17.7 Å². The fourth-order valence-electron chi connectivity index (χ4n) is 1.75. The Balaban J connectivity index is 2.64. The lowest BCUT2D eigenvalue weighted by molar-refractivity contribution is -0.119. The van der Waals surface area contributed by atoms with E-state index >= 15 is 0 Å². The smallest absolute Gasteiger partial charge is 0.241 e. The molecule has 0 spiro atoms. The summed E-state index contributed by atoms with van der Waals surface area (Å²) in [6.07, 6.45) is 2.61. The van der Waals surface area contributed by atoms with Crippen LogP contribution in [0.1, 0.15) is 40.0 Å². The van der Waals surface area contributed by atoms with Gasteiger partial charge in [-0.25, -0.2) is 0 Å². The fourth-order valence-corrected chi connectivity index (χ4v) is 1.75. The van der Waals surface area contributed by atoms with Crippen molar-refractivity contribution in [2.75, 3.05) is 10.6 Å². The number of anilines is 2. The van der Waals surface area contributed by atoms with Gasteiger partial charge in [0.2, 0.25) is 11.8 Å². The van der Waals surface area contributed by atoms with Crippen molar-refractivity contribution in [1.82, 2.24) is 0 Å². The van der Waals surface area contributed by atoms with E-state index in [1.54, 1.807) is 24.3 Å². The van der Waals surface area contributed by atoms with Crippen molar-refractivity contribution in [2.45, 2.75) is 46.1 Å². The summed E-state index contributed by atoms with van der Waals surface area (Å²) in [5, 5.41) is 5.58. The molecule has 0 bridgehead atoms. The molecule has 1 aromatic carbocycles. The highest BCUT2D eigenvalue weighted by Crippen LogP contribution is 2.16. The van der Waals surface area contributed by atoms with Gasteiger partial charge in [-0.3, -0.25) is 9.59 Å². The van der Waals surface area contributed by atoms with Gasteiger partial charge in [-0.1, -0.05) is 39.7 Å². The molecule has 0 radical (unpaired) electrons. The second-order valence-electron chi connectivity index (χ2n) is 5.46. The number of carbonyl (C=O) groups is 2. The Hall–Kier alpha value is -1.88. The topological polar surface area (TPSA) is 84.2 Å². The molecule has 0 fully saturated rings. The summed E-state index contributed by atoms with van der Waals surface area (Å²) in [5.74, 6) is -0.348. The molecule has 0 aliphatic rings. The van der Waals surface area contributed by atoms with Gasteiger partial charge >= 0.3 is 0 Å². The van der Waals surface area contributed by atoms with Gasteiger partial charge in [0, 0.05) is 17.3 Å². The molecule has 0 unspecified atom stereocenters. The minimum absolute atomic E-state index is 0.0573. The van der Waals surface area contributed by atoms with E-state index in [0.29, 0.717) is 17.8 Å². The molecule has 116 valence electrons. The van der Waals surface area contributed by atoms with Crippen molar-refractivity contribution in [1.29, 1.82) is 0 Å². The minimum Gasteiger partial charge on any atom is -0.326 e. The largest absolute Gasteiger partial charge is 0.326 e. The van der Waals surface area contributed by atoms with Gasteiger partial charge in [-0.05, 0) is 24.6 Å². The molecular formula is C16H25N3O2.